The van der Waals surface area contributed by atoms with Gasteiger partial charge in [-0.05, 0) is 36.6 Å². The molecule has 0 saturated carbocycles. The molecule has 0 amide bonds. The molecule has 2 N–H and O–H groups in total. The average molecular weight is 387 g/mol. The van der Waals surface area contributed by atoms with Crippen LogP contribution in [0, 0.1) is 5.41 Å². The number of aliphatic hydroxyl groups excluding tert-OH is 1. The van der Waals surface area contributed by atoms with E-state index in [0.29, 0.717) is 39.0 Å². The molecule has 1 aliphatic rings. The fourth-order valence-electron chi connectivity index (χ4n) is 4.19. The van der Waals surface area contributed by atoms with Gasteiger partial charge in [-0.15, -0.1) is 0 Å². The van der Waals surface area contributed by atoms with Crippen LogP contribution in [0.2, 0.25) is 0 Å². The van der Waals surface area contributed by atoms with Crippen molar-refractivity contribution in [1.82, 2.24) is 14.7 Å². The lowest BCUT2D eigenvalue weighted by Gasteiger charge is -2.43. The molecule has 0 radical (unpaired) electrons. The quantitative estimate of drug-likeness (QED) is 0.723. The van der Waals surface area contributed by atoms with Gasteiger partial charge in [-0.25, -0.2) is 0 Å². The molecule has 2 heterocycles. The summed E-state index contributed by atoms with van der Waals surface area (Å²) in [5.41, 5.74) is 1.03. The molecule has 3 rings (SSSR count). The Morgan fingerprint density at radius 2 is 2.21 bits per heavy atom. The van der Waals surface area contributed by atoms with Crippen molar-refractivity contribution in [2.45, 2.75) is 45.4 Å². The lowest BCUT2D eigenvalue weighted by Crippen LogP contribution is -2.55. The monoisotopic (exact) mass is 387 g/mol. The fourth-order valence-corrected chi connectivity index (χ4v) is 4.19. The first kappa shape index (κ1) is 20.4. The number of aromatic nitrogens is 2. The molecule has 0 spiro atoms. The van der Waals surface area contributed by atoms with E-state index in [1.165, 1.54) is 0 Å². The number of carbonyl (C=O) groups is 1. The lowest BCUT2D eigenvalue weighted by molar-refractivity contribution is -0.164. The number of carboxylic acids is 1. The molecule has 1 aromatic carbocycles. The molecule has 7 heteroatoms. The third kappa shape index (κ3) is 4.20. The minimum absolute atomic E-state index is 0.359. The van der Waals surface area contributed by atoms with Gasteiger partial charge in [0.2, 0.25) is 0 Å². The van der Waals surface area contributed by atoms with Crippen molar-refractivity contribution in [3.05, 3.63) is 47.8 Å². The van der Waals surface area contributed by atoms with Crippen LogP contribution in [0.15, 0.2) is 36.7 Å². The number of likely N-dealkylation sites (tertiary alicyclic amines) is 1. The number of aliphatic carboxylic acids is 1. The van der Waals surface area contributed by atoms with Crippen molar-refractivity contribution in [2.75, 3.05) is 20.2 Å². The topological polar surface area (TPSA) is 87.8 Å². The highest BCUT2D eigenvalue weighted by Crippen LogP contribution is 2.36. The van der Waals surface area contributed by atoms with Crippen molar-refractivity contribution in [1.29, 1.82) is 0 Å². The van der Waals surface area contributed by atoms with Crippen molar-refractivity contribution in [3.8, 4) is 5.75 Å². The summed E-state index contributed by atoms with van der Waals surface area (Å²) in [4.78, 5) is 14.1. The Morgan fingerprint density at radius 1 is 1.39 bits per heavy atom. The van der Waals surface area contributed by atoms with Crippen LogP contribution < -0.4 is 4.74 Å². The molecule has 152 valence electrons. The number of carboxylic acid groups (broad SMARTS) is 1. The minimum Gasteiger partial charge on any atom is -0.496 e. The smallest absolute Gasteiger partial charge is 0.313 e. The van der Waals surface area contributed by atoms with E-state index in [0.717, 1.165) is 23.3 Å². The second kappa shape index (κ2) is 8.75. The first-order chi connectivity index (χ1) is 13.5. The zero-order valence-corrected chi connectivity index (χ0v) is 16.5. The van der Waals surface area contributed by atoms with Crippen LogP contribution in [0.3, 0.4) is 0 Å². The Kier molecular flexibility index (Phi) is 6.36. The van der Waals surface area contributed by atoms with E-state index >= 15 is 0 Å². The molecular weight excluding hydrogens is 358 g/mol. The van der Waals surface area contributed by atoms with E-state index in [9.17, 15) is 15.0 Å². The summed E-state index contributed by atoms with van der Waals surface area (Å²) in [5.74, 6) is -0.0974. The maximum atomic E-state index is 12.0. The number of rotatable bonds is 8. The zero-order valence-electron chi connectivity index (χ0n) is 16.5. The van der Waals surface area contributed by atoms with E-state index in [4.69, 9.17) is 4.74 Å². The van der Waals surface area contributed by atoms with Crippen LogP contribution in [0.5, 0.6) is 5.75 Å². The summed E-state index contributed by atoms with van der Waals surface area (Å²) in [6, 6.07) is 7.94. The molecule has 2 aromatic rings. The normalized spacial score (nSPS) is 22.9. The average Bonchev–Trinajstić information content (AvgIpc) is 3.18. The van der Waals surface area contributed by atoms with Crippen molar-refractivity contribution in [3.63, 3.8) is 0 Å². The van der Waals surface area contributed by atoms with E-state index in [2.05, 4.69) is 16.1 Å². The number of aliphatic hydroxyl groups is 1. The molecular formula is C21H29N3O4. The first-order valence-electron chi connectivity index (χ1n) is 9.75. The third-order valence-electron chi connectivity index (χ3n) is 5.63. The van der Waals surface area contributed by atoms with E-state index < -0.39 is 17.5 Å². The predicted molar refractivity (Wildman–Crippen MR) is 105 cm³/mol. The molecule has 0 bridgehead atoms. The Bertz CT molecular complexity index is 793. The molecule has 0 aliphatic carbocycles. The first-order valence-corrected chi connectivity index (χ1v) is 9.75. The largest absolute Gasteiger partial charge is 0.496 e. The SMILES string of the molecule is CCC[C@@]1(C(=O)O)CN(Cc2ccc(OC)c(Cn3cccn3)c2)CC[C@H]1O. The van der Waals surface area contributed by atoms with Crippen LogP contribution in [0.1, 0.15) is 37.3 Å². The Hall–Kier alpha value is -2.38. The molecule has 28 heavy (non-hydrogen) atoms. The van der Waals surface area contributed by atoms with Gasteiger partial charge in [0.15, 0.2) is 0 Å². The highest BCUT2D eigenvalue weighted by molar-refractivity contribution is 5.76. The highest BCUT2D eigenvalue weighted by Gasteiger charge is 2.48. The maximum Gasteiger partial charge on any atom is 0.313 e. The molecule has 0 unspecified atom stereocenters. The van der Waals surface area contributed by atoms with Gasteiger partial charge >= 0.3 is 5.97 Å². The van der Waals surface area contributed by atoms with Crippen LogP contribution in [0.4, 0.5) is 0 Å². The van der Waals surface area contributed by atoms with Gasteiger partial charge in [-0.1, -0.05) is 19.4 Å². The number of ether oxygens (including phenoxy) is 1. The van der Waals surface area contributed by atoms with Crippen LogP contribution in [-0.4, -0.2) is 57.2 Å². The number of hydrogen-bond donors (Lipinski definition) is 2. The molecule has 7 nitrogen and oxygen atoms in total. The molecule has 1 fully saturated rings. The Morgan fingerprint density at radius 3 is 2.86 bits per heavy atom. The van der Waals surface area contributed by atoms with Gasteiger partial charge in [-0.3, -0.25) is 14.4 Å². The van der Waals surface area contributed by atoms with Gasteiger partial charge in [0.1, 0.15) is 11.2 Å². The Balaban J connectivity index is 1.78. The number of hydrogen-bond acceptors (Lipinski definition) is 5. The van der Waals surface area contributed by atoms with Crippen LogP contribution in [-0.2, 0) is 17.9 Å². The van der Waals surface area contributed by atoms with E-state index in [1.807, 2.05) is 36.0 Å². The van der Waals surface area contributed by atoms with Crippen molar-refractivity contribution >= 4 is 5.97 Å². The van der Waals surface area contributed by atoms with Crippen molar-refractivity contribution in [2.24, 2.45) is 5.41 Å². The summed E-state index contributed by atoms with van der Waals surface area (Å²) in [7, 11) is 1.65. The number of methoxy groups -OCH3 is 1. The second-order valence-corrected chi connectivity index (χ2v) is 7.58. The van der Waals surface area contributed by atoms with E-state index in [1.54, 1.807) is 13.3 Å². The third-order valence-corrected chi connectivity index (χ3v) is 5.63. The van der Waals surface area contributed by atoms with Crippen molar-refractivity contribution < 1.29 is 19.7 Å². The summed E-state index contributed by atoms with van der Waals surface area (Å²) in [5, 5.41) is 24.5. The predicted octanol–water partition coefficient (Wildman–Crippen LogP) is 2.38. The molecule has 2 atom stereocenters. The zero-order chi connectivity index (χ0) is 20.1. The molecule has 1 aliphatic heterocycles. The maximum absolute atomic E-state index is 12.0. The minimum atomic E-state index is -1.09. The Labute approximate surface area is 165 Å². The fraction of sp³-hybridized carbons (Fsp3) is 0.524. The summed E-state index contributed by atoms with van der Waals surface area (Å²) < 4.78 is 7.33. The van der Waals surface area contributed by atoms with Crippen LogP contribution >= 0.6 is 0 Å². The molecule has 1 aromatic heterocycles. The molecule has 1 saturated heterocycles. The van der Waals surface area contributed by atoms with Gasteiger partial charge < -0.3 is 14.9 Å². The highest BCUT2D eigenvalue weighted by atomic mass is 16.5. The number of piperidine rings is 1. The summed E-state index contributed by atoms with van der Waals surface area (Å²) in [6.45, 7) is 4.25. The number of nitrogens with zero attached hydrogens (tertiary/aromatic N) is 3. The summed E-state index contributed by atoms with van der Waals surface area (Å²) in [6.07, 6.45) is 4.54. The van der Waals surface area contributed by atoms with E-state index in [-0.39, 0.29) is 0 Å². The lowest BCUT2D eigenvalue weighted by atomic mass is 9.74. The number of benzene rings is 1. The summed E-state index contributed by atoms with van der Waals surface area (Å²) >= 11 is 0. The standard InChI is InChI=1S/C21H29N3O4/c1-3-8-21(20(26)27)15-23(11-7-19(21)25)13-16-5-6-18(28-2)17(12-16)14-24-10-4-9-22-24/h4-6,9-10,12,19,25H,3,7-8,11,13-15H2,1-2H3,(H,26,27)/t19-,21-/m1/s1. The van der Waals surface area contributed by atoms with Gasteiger partial charge in [0.25, 0.3) is 0 Å². The van der Waals surface area contributed by atoms with Gasteiger partial charge in [0.05, 0.1) is 19.8 Å². The van der Waals surface area contributed by atoms with Crippen LogP contribution in [0.25, 0.3) is 0 Å². The second-order valence-electron chi connectivity index (χ2n) is 7.58. The van der Waals surface area contributed by atoms with Gasteiger partial charge in [-0.2, -0.15) is 5.10 Å². The van der Waals surface area contributed by atoms with Gasteiger partial charge in [0, 0.05) is 37.6 Å².